The van der Waals surface area contributed by atoms with E-state index in [1.165, 1.54) is 35.9 Å². The number of nitrogens with zero attached hydrogens (tertiary/aromatic N) is 4. The van der Waals surface area contributed by atoms with Crippen LogP contribution >= 0.6 is 23.1 Å². The lowest BCUT2D eigenvalue weighted by Crippen LogP contribution is -2.16. The molecule has 0 radical (unpaired) electrons. The number of carbonyl (C=O) groups excluding carboxylic acids is 1. The van der Waals surface area contributed by atoms with Crippen LogP contribution in [0.2, 0.25) is 0 Å². The fourth-order valence-corrected chi connectivity index (χ4v) is 4.02. The van der Waals surface area contributed by atoms with E-state index in [1.807, 2.05) is 43.3 Å². The topological polar surface area (TPSA) is 84.7 Å². The predicted molar refractivity (Wildman–Crippen MR) is 104 cm³/mol. The lowest BCUT2D eigenvalue weighted by Gasteiger charge is -2.08. The van der Waals surface area contributed by atoms with E-state index in [9.17, 15) is 4.79 Å². The lowest BCUT2D eigenvalue weighted by molar-refractivity contribution is -0.113. The zero-order valence-electron chi connectivity index (χ0n) is 14.2. The summed E-state index contributed by atoms with van der Waals surface area (Å²) in [5, 5.41) is 19.7. The van der Waals surface area contributed by atoms with Crippen LogP contribution in [0.25, 0.3) is 5.69 Å². The van der Waals surface area contributed by atoms with Crippen molar-refractivity contribution in [2.75, 3.05) is 16.4 Å². The smallest absolute Gasteiger partial charge is 0.235 e. The first-order valence-electron chi connectivity index (χ1n) is 8.32. The fourth-order valence-electron chi connectivity index (χ4n) is 2.39. The molecule has 26 heavy (non-hydrogen) atoms. The summed E-state index contributed by atoms with van der Waals surface area (Å²) in [7, 11) is 0. The maximum absolute atomic E-state index is 12.3. The minimum absolute atomic E-state index is 0.0982. The maximum atomic E-state index is 12.3. The van der Waals surface area contributed by atoms with E-state index in [-0.39, 0.29) is 11.7 Å². The minimum atomic E-state index is -0.0982. The Hall–Kier alpha value is -2.39. The molecule has 1 amide bonds. The fraction of sp³-hybridized carbons (Fsp3) is 0.294. The van der Waals surface area contributed by atoms with Gasteiger partial charge in [0.1, 0.15) is 5.82 Å². The number of hydrogen-bond acceptors (Lipinski definition) is 7. The van der Waals surface area contributed by atoms with E-state index in [0.29, 0.717) is 11.9 Å². The molecule has 2 aromatic heterocycles. The first-order valence-corrected chi connectivity index (χ1v) is 10.1. The highest BCUT2D eigenvalue weighted by Gasteiger charge is 2.22. The molecule has 1 saturated carbocycles. The Morgan fingerprint density at radius 3 is 2.88 bits per heavy atom. The highest BCUT2D eigenvalue weighted by atomic mass is 32.2. The molecule has 1 aliphatic rings. The molecule has 0 bridgehead atoms. The summed E-state index contributed by atoms with van der Waals surface area (Å²) in [6.07, 6.45) is 2.39. The third-order valence-corrected chi connectivity index (χ3v) is 5.73. The van der Waals surface area contributed by atoms with Crippen LogP contribution in [0.5, 0.6) is 0 Å². The summed E-state index contributed by atoms with van der Waals surface area (Å²) in [5.41, 5.74) is 1.75. The number of aromatic nitrogens is 4. The number of thioether (sulfide) groups is 1. The molecule has 134 valence electrons. The van der Waals surface area contributed by atoms with Gasteiger partial charge in [0.05, 0.1) is 17.1 Å². The normalized spacial score (nSPS) is 13.6. The van der Waals surface area contributed by atoms with Gasteiger partial charge in [-0.15, -0.1) is 10.2 Å². The van der Waals surface area contributed by atoms with Crippen molar-refractivity contribution in [3.05, 3.63) is 42.1 Å². The molecular weight excluding hydrogens is 368 g/mol. The van der Waals surface area contributed by atoms with Gasteiger partial charge in [-0.3, -0.25) is 4.79 Å². The first kappa shape index (κ1) is 17.0. The van der Waals surface area contributed by atoms with E-state index in [4.69, 9.17) is 0 Å². The molecule has 1 aliphatic carbocycles. The number of amides is 1. The van der Waals surface area contributed by atoms with E-state index in [2.05, 4.69) is 25.9 Å². The summed E-state index contributed by atoms with van der Waals surface area (Å²) in [6, 6.07) is 12.1. The zero-order valence-corrected chi connectivity index (χ0v) is 15.8. The highest BCUT2D eigenvalue weighted by molar-refractivity contribution is 8.01. The quantitative estimate of drug-likeness (QED) is 0.606. The van der Waals surface area contributed by atoms with Crippen molar-refractivity contribution in [2.45, 2.75) is 30.1 Å². The van der Waals surface area contributed by atoms with Gasteiger partial charge in [0.2, 0.25) is 11.0 Å². The third kappa shape index (κ3) is 4.23. The maximum Gasteiger partial charge on any atom is 0.235 e. The van der Waals surface area contributed by atoms with Gasteiger partial charge in [-0.05, 0) is 31.9 Å². The molecule has 2 heterocycles. The van der Waals surface area contributed by atoms with Gasteiger partial charge in [-0.25, -0.2) is 4.68 Å². The molecule has 0 aliphatic heterocycles. The van der Waals surface area contributed by atoms with Crippen molar-refractivity contribution < 1.29 is 4.79 Å². The summed E-state index contributed by atoms with van der Waals surface area (Å²) < 4.78 is 2.52. The van der Waals surface area contributed by atoms with Crippen LogP contribution in [0.3, 0.4) is 0 Å². The monoisotopic (exact) mass is 386 g/mol. The third-order valence-electron chi connectivity index (χ3n) is 3.74. The van der Waals surface area contributed by atoms with Crippen molar-refractivity contribution in [1.29, 1.82) is 0 Å². The van der Waals surface area contributed by atoms with Crippen molar-refractivity contribution in [3.8, 4) is 5.69 Å². The Morgan fingerprint density at radius 1 is 1.31 bits per heavy atom. The second-order valence-electron chi connectivity index (χ2n) is 6.05. The van der Waals surface area contributed by atoms with Gasteiger partial charge in [-0.2, -0.15) is 5.10 Å². The van der Waals surface area contributed by atoms with Gasteiger partial charge in [0.25, 0.3) is 0 Å². The first-order chi connectivity index (χ1) is 12.7. The zero-order chi connectivity index (χ0) is 17.9. The SMILES string of the molecule is Cc1cc(NC(=O)CSc2nnc(NC3CC3)s2)n(-c2ccccc2)n1. The number of aryl methyl sites for hydroxylation is 1. The summed E-state index contributed by atoms with van der Waals surface area (Å²) in [5.74, 6) is 0.837. The molecule has 0 unspecified atom stereocenters. The van der Waals surface area contributed by atoms with Crippen LogP contribution < -0.4 is 10.6 Å². The Morgan fingerprint density at radius 2 is 2.12 bits per heavy atom. The molecule has 1 fully saturated rings. The average molecular weight is 387 g/mol. The molecule has 0 atom stereocenters. The van der Waals surface area contributed by atoms with Crippen molar-refractivity contribution in [1.82, 2.24) is 20.0 Å². The molecule has 9 heteroatoms. The number of para-hydroxylation sites is 1. The molecule has 2 N–H and O–H groups in total. The number of hydrogen-bond donors (Lipinski definition) is 2. The van der Waals surface area contributed by atoms with Gasteiger partial charge in [-0.1, -0.05) is 41.3 Å². The Kier molecular flexibility index (Phi) is 4.89. The van der Waals surface area contributed by atoms with Crippen molar-refractivity contribution in [3.63, 3.8) is 0 Å². The van der Waals surface area contributed by atoms with Gasteiger partial charge < -0.3 is 10.6 Å². The van der Waals surface area contributed by atoms with E-state index in [0.717, 1.165) is 20.9 Å². The predicted octanol–water partition coefficient (Wildman–Crippen LogP) is 3.34. The number of benzene rings is 1. The van der Waals surface area contributed by atoms with Crippen LogP contribution in [0.1, 0.15) is 18.5 Å². The van der Waals surface area contributed by atoms with Gasteiger partial charge in [0.15, 0.2) is 4.34 Å². The van der Waals surface area contributed by atoms with Crippen LogP contribution in [0, 0.1) is 6.92 Å². The number of rotatable bonds is 7. The number of nitrogens with one attached hydrogen (secondary N) is 2. The summed E-state index contributed by atoms with van der Waals surface area (Å²) >= 11 is 2.87. The van der Waals surface area contributed by atoms with Gasteiger partial charge in [0, 0.05) is 12.1 Å². The number of carbonyl (C=O) groups is 1. The molecule has 4 rings (SSSR count). The average Bonchev–Trinajstić information content (AvgIpc) is 3.21. The van der Waals surface area contributed by atoms with E-state index < -0.39 is 0 Å². The molecular formula is C17H18N6OS2. The molecule has 1 aromatic carbocycles. The van der Waals surface area contributed by atoms with E-state index >= 15 is 0 Å². The highest BCUT2D eigenvalue weighted by Crippen LogP contribution is 2.30. The van der Waals surface area contributed by atoms with Crippen LogP contribution in [0.15, 0.2) is 40.7 Å². The Bertz CT molecular complexity index is 903. The second kappa shape index (κ2) is 7.46. The largest absolute Gasteiger partial charge is 0.357 e. The minimum Gasteiger partial charge on any atom is -0.357 e. The molecule has 0 spiro atoms. The molecule has 7 nitrogen and oxygen atoms in total. The van der Waals surface area contributed by atoms with Crippen LogP contribution in [0.4, 0.5) is 10.9 Å². The van der Waals surface area contributed by atoms with E-state index in [1.54, 1.807) is 4.68 Å². The van der Waals surface area contributed by atoms with Crippen LogP contribution in [-0.2, 0) is 4.79 Å². The molecule has 3 aromatic rings. The van der Waals surface area contributed by atoms with Gasteiger partial charge >= 0.3 is 0 Å². The Balaban J connectivity index is 1.37. The summed E-state index contributed by atoms with van der Waals surface area (Å²) in [6.45, 7) is 1.90. The lowest BCUT2D eigenvalue weighted by atomic mass is 10.3. The summed E-state index contributed by atoms with van der Waals surface area (Å²) in [4.78, 5) is 12.3. The number of anilines is 2. The second-order valence-corrected chi connectivity index (χ2v) is 8.25. The van der Waals surface area contributed by atoms with Crippen molar-refractivity contribution >= 4 is 40.0 Å². The van der Waals surface area contributed by atoms with Crippen molar-refractivity contribution in [2.24, 2.45) is 0 Å². The van der Waals surface area contributed by atoms with Crippen LogP contribution in [-0.4, -0.2) is 37.7 Å². The molecule has 0 saturated heterocycles. The Labute approximate surface area is 159 Å². The standard InChI is InChI=1S/C17H18N6OS2/c1-11-9-14(23(22-11)13-5-3-2-4-6-13)19-15(24)10-25-17-21-20-16(26-17)18-12-7-8-12/h2-6,9,12H,7-8,10H2,1H3,(H,18,20)(H,19,24).